The van der Waals surface area contributed by atoms with E-state index in [0.29, 0.717) is 11.1 Å². The minimum absolute atomic E-state index is 0.306. The SMILES string of the molecule is COc1ccc2c(c1)c(C)c(/C=C1\C(=O)OC(=O)C1=C(C)C)n2C. The number of benzene rings is 1. The maximum Gasteiger partial charge on any atom is 0.346 e. The van der Waals surface area contributed by atoms with Gasteiger partial charge in [-0.1, -0.05) is 5.57 Å². The number of allylic oxidation sites excluding steroid dienone is 1. The zero-order valence-electron chi connectivity index (χ0n) is 14.4. The van der Waals surface area contributed by atoms with E-state index in [1.807, 2.05) is 36.7 Å². The van der Waals surface area contributed by atoms with Crippen LogP contribution in [0.25, 0.3) is 17.0 Å². The molecule has 0 N–H and O–H groups in total. The maximum absolute atomic E-state index is 12.1. The van der Waals surface area contributed by atoms with Gasteiger partial charge in [-0.05, 0) is 50.6 Å². The van der Waals surface area contributed by atoms with Crippen molar-refractivity contribution in [1.82, 2.24) is 4.57 Å². The lowest BCUT2D eigenvalue weighted by Crippen LogP contribution is -1.99. The number of esters is 2. The van der Waals surface area contributed by atoms with Crippen LogP contribution in [0.2, 0.25) is 0 Å². The summed E-state index contributed by atoms with van der Waals surface area (Å²) in [6.45, 7) is 5.57. The molecule has 0 bridgehead atoms. The van der Waals surface area contributed by atoms with Crippen molar-refractivity contribution in [2.45, 2.75) is 20.8 Å². The van der Waals surface area contributed by atoms with Gasteiger partial charge in [-0.2, -0.15) is 0 Å². The van der Waals surface area contributed by atoms with Crippen molar-refractivity contribution in [3.8, 4) is 5.75 Å². The first-order valence-corrected chi connectivity index (χ1v) is 7.64. The van der Waals surface area contributed by atoms with Gasteiger partial charge in [-0.25, -0.2) is 9.59 Å². The number of carbonyl (C=O) groups excluding carboxylic acids is 2. The summed E-state index contributed by atoms with van der Waals surface area (Å²) in [4.78, 5) is 24.0. The molecule has 0 unspecified atom stereocenters. The molecule has 1 aliphatic rings. The summed E-state index contributed by atoms with van der Waals surface area (Å²) >= 11 is 0. The standard InChI is InChI=1S/C19H19NO4/c1-10(2)17-14(18(21)24-19(17)22)9-16-11(3)13-8-12(23-5)6-7-15(13)20(16)4/h6-9H,1-5H3/b14-9-. The van der Waals surface area contributed by atoms with Gasteiger partial charge in [-0.3, -0.25) is 0 Å². The number of rotatable bonds is 2. The van der Waals surface area contributed by atoms with Gasteiger partial charge < -0.3 is 14.0 Å². The smallest absolute Gasteiger partial charge is 0.346 e. The highest BCUT2D eigenvalue weighted by Crippen LogP contribution is 2.32. The number of ether oxygens (including phenoxy) is 2. The Hall–Kier alpha value is -2.82. The second-order valence-corrected chi connectivity index (χ2v) is 6.06. The van der Waals surface area contributed by atoms with E-state index in [-0.39, 0.29) is 0 Å². The number of methoxy groups -OCH3 is 1. The molecule has 1 fully saturated rings. The molecule has 0 spiro atoms. The number of carbonyl (C=O) groups is 2. The first kappa shape index (κ1) is 16.1. The van der Waals surface area contributed by atoms with E-state index >= 15 is 0 Å². The third kappa shape index (κ3) is 2.33. The summed E-state index contributed by atoms with van der Waals surface area (Å²) in [6.07, 6.45) is 1.73. The second kappa shape index (κ2) is 5.67. The molecular formula is C19H19NO4. The van der Waals surface area contributed by atoms with Crippen LogP contribution in [0.3, 0.4) is 0 Å². The fraction of sp³-hybridized carbons (Fsp3) is 0.263. The van der Waals surface area contributed by atoms with Crippen LogP contribution in [0, 0.1) is 6.92 Å². The van der Waals surface area contributed by atoms with Crippen molar-refractivity contribution in [2.24, 2.45) is 7.05 Å². The number of aromatic nitrogens is 1. The first-order chi connectivity index (χ1) is 11.3. The molecular weight excluding hydrogens is 306 g/mol. The Labute approximate surface area is 140 Å². The average molecular weight is 325 g/mol. The fourth-order valence-electron chi connectivity index (χ4n) is 3.10. The molecule has 3 rings (SSSR count). The topological polar surface area (TPSA) is 57.5 Å². The normalized spacial score (nSPS) is 16.2. The van der Waals surface area contributed by atoms with E-state index in [9.17, 15) is 9.59 Å². The lowest BCUT2D eigenvalue weighted by atomic mass is 10.0. The number of hydrogen-bond acceptors (Lipinski definition) is 4. The van der Waals surface area contributed by atoms with Gasteiger partial charge >= 0.3 is 11.9 Å². The van der Waals surface area contributed by atoms with E-state index in [1.54, 1.807) is 27.0 Å². The van der Waals surface area contributed by atoms with Crippen molar-refractivity contribution in [3.63, 3.8) is 0 Å². The van der Waals surface area contributed by atoms with E-state index in [2.05, 4.69) is 0 Å². The Balaban J connectivity index is 2.25. The van der Waals surface area contributed by atoms with Crippen LogP contribution >= 0.6 is 0 Å². The summed E-state index contributed by atoms with van der Waals surface area (Å²) in [5, 5.41) is 1.04. The number of fused-ring (bicyclic) bond motifs is 1. The van der Waals surface area contributed by atoms with Crippen molar-refractivity contribution in [2.75, 3.05) is 7.11 Å². The molecule has 24 heavy (non-hydrogen) atoms. The Morgan fingerprint density at radius 3 is 2.54 bits per heavy atom. The summed E-state index contributed by atoms with van der Waals surface area (Å²) < 4.78 is 12.1. The van der Waals surface area contributed by atoms with Gasteiger partial charge in [0.25, 0.3) is 0 Å². The van der Waals surface area contributed by atoms with E-state index in [1.165, 1.54) is 0 Å². The molecule has 1 aromatic carbocycles. The van der Waals surface area contributed by atoms with Gasteiger partial charge in [0.1, 0.15) is 5.75 Å². The molecule has 5 nitrogen and oxygen atoms in total. The third-order valence-electron chi connectivity index (χ3n) is 4.37. The minimum Gasteiger partial charge on any atom is -0.497 e. The fourth-order valence-corrected chi connectivity index (χ4v) is 3.10. The first-order valence-electron chi connectivity index (χ1n) is 7.64. The lowest BCUT2D eigenvalue weighted by molar-refractivity contribution is -0.149. The van der Waals surface area contributed by atoms with Gasteiger partial charge in [-0.15, -0.1) is 0 Å². The van der Waals surface area contributed by atoms with Gasteiger partial charge in [0, 0.05) is 23.6 Å². The van der Waals surface area contributed by atoms with Gasteiger partial charge in [0.15, 0.2) is 0 Å². The summed E-state index contributed by atoms with van der Waals surface area (Å²) in [5.41, 5.74) is 4.31. The zero-order valence-corrected chi connectivity index (χ0v) is 14.4. The van der Waals surface area contributed by atoms with E-state index in [0.717, 1.165) is 33.5 Å². The van der Waals surface area contributed by atoms with Crippen LogP contribution in [0.5, 0.6) is 5.75 Å². The zero-order chi connectivity index (χ0) is 17.6. The molecule has 124 valence electrons. The second-order valence-electron chi connectivity index (χ2n) is 6.06. The molecule has 0 atom stereocenters. The largest absolute Gasteiger partial charge is 0.497 e. The molecule has 5 heteroatoms. The molecule has 2 heterocycles. The lowest BCUT2D eigenvalue weighted by Gasteiger charge is -2.03. The quantitative estimate of drug-likeness (QED) is 0.483. The summed E-state index contributed by atoms with van der Waals surface area (Å²) in [7, 11) is 3.56. The molecule has 1 aromatic heterocycles. The molecule has 0 saturated carbocycles. The highest BCUT2D eigenvalue weighted by atomic mass is 16.6. The highest BCUT2D eigenvalue weighted by Gasteiger charge is 2.34. The van der Waals surface area contributed by atoms with Crippen LogP contribution in [0.1, 0.15) is 25.1 Å². The molecule has 0 radical (unpaired) electrons. The minimum atomic E-state index is -0.599. The third-order valence-corrected chi connectivity index (χ3v) is 4.37. The summed E-state index contributed by atoms with van der Waals surface area (Å²) in [6, 6.07) is 5.84. The Bertz CT molecular complexity index is 940. The van der Waals surface area contributed by atoms with Crippen molar-refractivity contribution in [1.29, 1.82) is 0 Å². The molecule has 2 aromatic rings. The predicted octanol–water partition coefficient (Wildman–Crippen LogP) is 3.30. The van der Waals surface area contributed by atoms with Crippen LogP contribution in [0.15, 0.2) is 34.9 Å². The van der Waals surface area contributed by atoms with Crippen molar-refractivity contribution < 1.29 is 19.1 Å². The molecule has 1 saturated heterocycles. The number of nitrogens with zero attached hydrogens (tertiary/aromatic N) is 1. The Morgan fingerprint density at radius 1 is 1.21 bits per heavy atom. The summed E-state index contributed by atoms with van der Waals surface area (Å²) in [5.74, 6) is -0.404. The van der Waals surface area contributed by atoms with E-state index in [4.69, 9.17) is 9.47 Å². The average Bonchev–Trinajstić information content (AvgIpc) is 2.95. The molecule has 0 amide bonds. The van der Waals surface area contributed by atoms with Crippen LogP contribution in [-0.2, 0) is 21.4 Å². The number of hydrogen-bond donors (Lipinski definition) is 0. The van der Waals surface area contributed by atoms with Crippen molar-refractivity contribution in [3.05, 3.63) is 46.2 Å². The Kier molecular flexibility index (Phi) is 3.79. The predicted molar refractivity (Wildman–Crippen MR) is 91.7 cm³/mol. The van der Waals surface area contributed by atoms with Crippen LogP contribution < -0.4 is 4.74 Å². The van der Waals surface area contributed by atoms with Gasteiger partial charge in [0.05, 0.1) is 18.3 Å². The molecule has 0 aliphatic carbocycles. The van der Waals surface area contributed by atoms with Crippen LogP contribution in [-0.4, -0.2) is 23.6 Å². The molecule has 1 aliphatic heterocycles. The van der Waals surface area contributed by atoms with Crippen LogP contribution in [0.4, 0.5) is 0 Å². The number of cyclic esters (lactones) is 2. The monoisotopic (exact) mass is 325 g/mol. The van der Waals surface area contributed by atoms with Gasteiger partial charge in [0.2, 0.25) is 0 Å². The Morgan fingerprint density at radius 2 is 1.92 bits per heavy atom. The van der Waals surface area contributed by atoms with Crippen molar-refractivity contribution >= 4 is 28.9 Å². The number of aryl methyl sites for hydroxylation is 2. The maximum atomic E-state index is 12.1. The highest BCUT2D eigenvalue weighted by molar-refractivity contribution is 6.20. The van der Waals surface area contributed by atoms with E-state index < -0.39 is 11.9 Å².